The monoisotopic (exact) mass is 284 g/mol. The fourth-order valence-corrected chi connectivity index (χ4v) is 2.83. The molecule has 0 radical (unpaired) electrons. The van der Waals surface area contributed by atoms with Crippen molar-refractivity contribution in [3.05, 3.63) is 0 Å². The van der Waals surface area contributed by atoms with Gasteiger partial charge >= 0.3 is 0 Å². The molecule has 1 heterocycles. The minimum atomic E-state index is -0.0646. The van der Waals surface area contributed by atoms with Crippen LogP contribution in [-0.4, -0.2) is 42.3 Å². The molecule has 4 heteroatoms. The Labute approximate surface area is 124 Å². The van der Waals surface area contributed by atoms with Crippen molar-refractivity contribution in [3.63, 3.8) is 0 Å². The largest absolute Gasteiger partial charge is 0.380 e. The number of hydrogen-bond donors (Lipinski definition) is 1. The number of hydrogen-bond acceptors (Lipinski definition) is 3. The zero-order chi connectivity index (χ0) is 15.4. The molecule has 1 aliphatic heterocycles. The lowest BCUT2D eigenvalue weighted by atomic mass is 10.00. The van der Waals surface area contributed by atoms with Crippen molar-refractivity contribution in [1.82, 2.24) is 10.2 Å². The summed E-state index contributed by atoms with van der Waals surface area (Å²) >= 11 is 0. The van der Waals surface area contributed by atoms with Crippen LogP contribution in [0.15, 0.2) is 0 Å². The van der Waals surface area contributed by atoms with E-state index in [1.165, 1.54) is 0 Å². The highest BCUT2D eigenvalue weighted by atomic mass is 16.5. The summed E-state index contributed by atoms with van der Waals surface area (Å²) in [6.45, 7) is 16.2. The minimum Gasteiger partial charge on any atom is -0.380 e. The van der Waals surface area contributed by atoms with E-state index in [9.17, 15) is 4.79 Å². The molecule has 3 atom stereocenters. The third kappa shape index (κ3) is 3.73. The highest BCUT2D eigenvalue weighted by Crippen LogP contribution is 2.27. The second-order valence-electron chi connectivity index (χ2n) is 6.79. The van der Waals surface area contributed by atoms with Crippen LogP contribution >= 0.6 is 0 Å². The van der Waals surface area contributed by atoms with Gasteiger partial charge in [-0.2, -0.15) is 0 Å². The van der Waals surface area contributed by atoms with Crippen molar-refractivity contribution < 1.29 is 9.53 Å². The van der Waals surface area contributed by atoms with E-state index in [0.29, 0.717) is 31.0 Å². The van der Waals surface area contributed by atoms with Gasteiger partial charge in [-0.3, -0.25) is 10.1 Å². The molecule has 0 saturated carbocycles. The van der Waals surface area contributed by atoms with Gasteiger partial charge in [-0.25, -0.2) is 0 Å². The van der Waals surface area contributed by atoms with Gasteiger partial charge in [0.05, 0.1) is 24.9 Å². The lowest BCUT2D eigenvalue weighted by Gasteiger charge is -2.36. The van der Waals surface area contributed by atoms with Crippen LogP contribution in [0.3, 0.4) is 0 Å². The number of ether oxygens (including phenoxy) is 1. The molecule has 1 amide bonds. The number of nitrogens with zero attached hydrogens (tertiary/aromatic N) is 1. The van der Waals surface area contributed by atoms with Gasteiger partial charge in [-0.05, 0) is 24.7 Å². The first-order chi connectivity index (χ1) is 9.31. The molecule has 0 aliphatic carbocycles. The maximum absolute atomic E-state index is 12.8. The van der Waals surface area contributed by atoms with Crippen LogP contribution in [0.4, 0.5) is 0 Å². The molecule has 0 aromatic heterocycles. The molecule has 0 aromatic rings. The molecule has 3 unspecified atom stereocenters. The average molecular weight is 284 g/mol. The quantitative estimate of drug-likeness (QED) is 0.781. The Morgan fingerprint density at radius 2 is 1.75 bits per heavy atom. The van der Waals surface area contributed by atoms with Crippen LogP contribution in [0.2, 0.25) is 0 Å². The predicted molar refractivity (Wildman–Crippen MR) is 82.4 cm³/mol. The molecule has 1 saturated heterocycles. The Hall–Kier alpha value is -0.610. The summed E-state index contributed by atoms with van der Waals surface area (Å²) in [4.78, 5) is 14.8. The molecule has 1 fully saturated rings. The van der Waals surface area contributed by atoms with Crippen molar-refractivity contribution in [2.24, 2.45) is 17.8 Å². The second kappa shape index (κ2) is 7.41. The summed E-state index contributed by atoms with van der Waals surface area (Å²) in [7, 11) is 0. The number of amides is 1. The van der Waals surface area contributed by atoms with E-state index in [0.717, 1.165) is 0 Å². The van der Waals surface area contributed by atoms with Crippen LogP contribution in [0.1, 0.15) is 48.5 Å². The van der Waals surface area contributed by atoms with Crippen LogP contribution in [0.25, 0.3) is 0 Å². The highest BCUT2D eigenvalue weighted by molar-refractivity contribution is 5.85. The third-order valence-corrected chi connectivity index (χ3v) is 4.09. The van der Waals surface area contributed by atoms with Gasteiger partial charge in [0, 0.05) is 6.61 Å². The first-order valence-electron chi connectivity index (χ1n) is 7.97. The Kier molecular flexibility index (Phi) is 6.46. The van der Waals surface area contributed by atoms with Gasteiger partial charge in [-0.1, -0.05) is 41.5 Å². The SMILES string of the molecule is CCOCC(C(C)C)N1C(=O)C(C(C)C)NC1C(C)C. The Morgan fingerprint density at radius 3 is 2.15 bits per heavy atom. The molecular weight excluding hydrogens is 252 g/mol. The normalized spacial score (nSPS) is 25.3. The summed E-state index contributed by atoms with van der Waals surface area (Å²) in [6.07, 6.45) is 0.114. The van der Waals surface area contributed by atoms with E-state index in [4.69, 9.17) is 4.74 Å². The van der Waals surface area contributed by atoms with Crippen molar-refractivity contribution in [2.75, 3.05) is 13.2 Å². The van der Waals surface area contributed by atoms with E-state index < -0.39 is 0 Å². The van der Waals surface area contributed by atoms with E-state index in [2.05, 4.69) is 51.8 Å². The van der Waals surface area contributed by atoms with Gasteiger partial charge in [0.25, 0.3) is 0 Å². The smallest absolute Gasteiger partial charge is 0.241 e. The maximum Gasteiger partial charge on any atom is 0.241 e. The summed E-state index contributed by atoms with van der Waals surface area (Å²) in [5, 5.41) is 3.52. The lowest BCUT2D eigenvalue weighted by Crippen LogP contribution is -2.51. The number of rotatable bonds is 7. The summed E-state index contributed by atoms with van der Waals surface area (Å²) in [5.41, 5.74) is 0. The average Bonchev–Trinajstić information content (AvgIpc) is 2.68. The molecule has 20 heavy (non-hydrogen) atoms. The maximum atomic E-state index is 12.8. The van der Waals surface area contributed by atoms with E-state index >= 15 is 0 Å². The summed E-state index contributed by atoms with van der Waals surface area (Å²) < 4.78 is 5.62. The number of carbonyl (C=O) groups excluding carboxylic acids is 1. The second-order valence-corrected chi connectivity index (χ2v) is 6.79. The van der Waals surface area contributed by atoms with Crippen LogP contribution in [0.5, 0.6) is 0 Å². The van der Waals surface area contributed by atoms with Crippen LogP contribution < -0.4 is 5.32 Å². The van der Waals surface area contributed by atoms with Gasteiger partial charge in [-0.15, -0.1) is 0 Å². The molecule has 118 valence electrons. The first kappa shape index (κ1) is 17.4. The van der Waals surface area contributed by atoms with Gasteiger partial charge in [0.1, 0.15) is 0 Å². The first-order valence-corrected chi connectivity index (χ1v) is 7.97. The molecule has 4 nitrogen and oxygen atoms in total. The van der Waals surface area contributed by atoms with Gasteiger partial charge in [0.15, 0.2) is 0 Å². The molecule has 1 aliphatic rings. The highest BCUT2D eigenvalue weighted by Gasteiger charge is 2.45. The topological polar surface area (TPSA) is 41.6 Å². The molecule has 1 rings (SSSR count). The molecule has 1 N–H and O–H groups in total. The fourth-order valence-electron chi connectivity index (χ4n) is 2.83. The minimum absolute atomic E-state index is 0.0646. The van der Waals surface area contributed by atoms with Crippen molar-refractivity contribution in [3.8, 4) is 0 Å². The van der Waals surface area contributed by atoms with E-state index in [1.807, 2.05) is 6.92 Å². The summed E-state index contributed by atoms with van der Waals surface area (Å²) in [5.74, 6) is 1.33. The Bertz CT molecular complexity index is 316. The van der Waals surface area contributed by atoms with Crippen molar-refractivity contribution in [2.45, 2.75) is 66.7 Å². The zero-order valence-electron chi connectivity index (χ0n) is 14.1. The summed E-state index contributed by atoms with van der Waals surface area (Å²) in [6, 6.07) is 0.0800. The standard InChI is InChI=1S/C16H32N2O2/c1-8-20-9-13(10(2)3)18-15(12(6)7)17-14(11(4)5)16(18)19/h10-15,17H,8-9H2,1-7H3. The zero-order valence-corrected chi connectivity index (χ0v) is 14.1. The van der Waals surface area contributed by atoms with E-state index in [1.54, 1.807) is 0 Å². The van der Waals surface area contributed by atoms with Gasteiger partial charge in [0.2, 0.25) is 5.91 Å². The molecule has 0 spiro atoms. The molecule has 0 bridgehead atoms. The van der Waals surface area contributed by atoms with Crippen LogP contribution in [0, 0.1) is 17.8 Å². The fraction of sp³-hybridized carbons (Fsp3) is 0.938. The number of nitrogens with one attached hydrogen (secondary N) is 1. The third-order valence-electron chi connectivity index (χ3n) is 4.09. The van der Waals surface area contributed by atoms with Crippen LogP contribution in [-0.2, 0) is 9.53 Å². The Morgan fingerprint density at radius 1 is 1.15 bits per heavy atom. The van der Waals surface area contributed by atoms with Gasteiger partial charge < -0.3 is 9.64 Å². The molecular formula is C16H32N2O2. The Balaban J connectivity index is 2.98. The lowest BCUT2D eigenvalue weighted by molar-refractivity contribution is -0.136. The molecule has 0 aromatic carbocycles. The van der Waals surface area contributed by atoms with E-state index in [-0.39, 0.29) is 24.2 Å². The van der Waals surface area contributed by atoms with Crippen molar-refractivity contribution >= 4 is 5.91 Å². The van der Waals surface area contributed by atoms with Crippen molar-refractivity contribution in [1.29, 1.82) is 0 Å². The number of carbonyl (C=O) groups is 1. The predicted octanol–water partition coefficient (Wildman–Crippen LogP) is 2.49.